The number of ether oxygens (including phenoxy) is 1. The molecule has 2 aromatic rings. The third kappa shape index (κ3) is 5.21. The summed E-state index contributed by atoms with van der Waals surface area (Å²) in [7, 11) is 2.24. The lowest BCUT2D eigenvalue weighted by atomic mass is 9.73. The maximum absolute atomic E-state index is 13.5. The van der Waals surface area contributed by atoms with Crippen LogP contribution in [0.3, 0.4) is 0 Å². The molecule has 4 rings (SSSR count). The van der Waals surface area contributed by atoms with E-state index in [4.69, 9.17) is 4.74 Å². The van der Waals surface area contributed by atoms with E-state index in [1.54, 1.807) is 0 Å². The first-order chi connectivity index (χ1) is 15.5. The third-order valence-electron chi connectivity index (χ3n) is 7.50. The molecule has 1 aliphatic carbocycles. The Labute approximate surface area is 192 Å². The molecule has 5 nitrogen and oxygen atoms in total. The molecule has 2 fully saturated rings. The standard InChI is InChI=1S/C27H37N2O3/c1-29(20-17-24-15-8-9-18-28-24)19-10-16-25(21-29)32-26(30)27(31,22-11-4-2-5-12-22)23-13-6-3-7-14-23/h2,4-5,8-9,11-12,15,18,23,25,31H,3,6-7,10,13-14,16-17,19-21H2,1H3/q+1/t25?,27-,29?/m0/s1. The zero-order valence-corrected chi connectivity index (χ0v) is 19.3. The highest BCUT2D eigenvalue weighted by atomic mass is 16.6. The van der Waals surface area contributed by atoms with Gasteiger partial charge < -0.3 is 14.3 Å². The second-order valence-electron chi connectivity index (χ2n) is 9.96. The molecule has 3 atom stereocenters. The number of esters is 1. The van der Waals surface area contributed by atoms with Gasteiger partial charge in [0.25, 0.3) is 0 Å². The summed E-state index contributed by atoms with van der Waals surface area (Å²) in [5.74, 6) is -0.543. The summed E-state index contributed by atoms with van der Waals surface area (Å²) >= 11 is 0. The second kappa shape index (κ2) is 10.1. The van der Waals surface area contributed by atoms with Gasteiger partial charge in [-0.15, -0.1) is 0 Å². The van der Waals surface area contributed by atoms with Gasteiger partial charge in [0.05, 0.1) is 20.1 Å². The molecule has 0 bridgehead atoms. The summed E-state index contributed by atoms with van der Waals surface area (Å²) in [6.07, 6.45) is 9.47. The number of pyridine rings is 1. The summed E-state index contributed by atoms with van der Waals surface area (Å²) in [6, 6.07) is 15.5. The van der Waals surface area contributed by atoms with E-state index in [0.29, 0.717) is 5.56 Å². The molecule has 1 aliphatic heterocycles. The number of hydrogen-bond donors (Lipinski definition) is 1. The number of benzene rings is 1. The van der Waals surface area contributed by atoms with Crippen molar-refractivity contribution in [2.75, 3.05) is 26.7 Å². The normalized spacial score (nSPS) is 26.2. The van der Waals surface area contributed by atoms with Crippen molar-refractivity contribution in [3.05, 3.63) is 66.0 Å². The minimum atomic E-state index is -1.56. The topological polar surface area (TPSA) is 59.4 Å². The Morgan fingerprint density at radius 3 is 2.53 bits per heavy atom. The van der Waals surface area contributed by atoms with Gasteiger partial charge in [-0.05, 0) is 37.0 Å². The predicted molar refractivity (Wildman–Crippen MR) is 125 cm³/mol. The van der Waals surface area contributed by atoms with Crippen LogP contribution in [0.2, 0.25) is 0 Å². The molecule has 1 saturated heterocycles. The van der Waals surface area contributed by atoms with E-state index in [1.165, 1.54) is 6.42 Å². The van der Waals surface area contributed by atoms with Crippen LogP contribution in [-0.2, 0) is 21.6 Å². The van der Waals surface area contributed by atoms with Crippen molar-refractivity contribution in [1.82, 2.24) is 4.98 Å². The van der Waals surface area contributed by atoms with Gasteiger partial charge in [-0.25, -0.2) is 4.79 Å². The lowest BCUT2D eigenvalue weighted by molar-refractivity contribution is -0.916. The van der Waals surface area contributed by atoms with Crippen LogP contribution in [0, 0.1) is 5.92 Å². The van der Waals surface area contributed by atoms with Crippen molar-refractivity contribution in [3.63, 3.8) is 0 Å². The Morgan fingerprint density at radius 2 is 1.81 bits per heavy atom. The molecule has 1 aromatic heterocycles. The van der Waals surface area contributed by atoms with Crippen LogP contribution < -0.4 is 0 Å². The maximum Gasteiger partial charge on any atom is 0.343 e. The smallest absolute Gasteiger partial charge is 0.343 e. The molecule has 2 unspecified atom stereocenters. The number of hydrogen-bond acceptors (Lipinski definition) is 4. The van der Waals surface area contributed by atoms with Gasteiger partial charge in [0.1, 0.15) is 6.54 Å². The molecular formula is C27H37N2O3+. The van der Waals surface area contributed by atoms with Crippen molar-refractivity contribution < 1.29 is 19.1 Å². The molecule has 5 heteroatoms. The fourth-order valence-corrected chi connectivity index (χ4v) is 5.58. The molecule has 1 aromatic carbocycles. The van der Waals surface area contributed by atoms with Crippen molar-refractivity contribution in [3.8, 4) is 0 Å². The molecule has 1 N–H and O–H groups in total. The van der Waals surface area contributed by atoms with Crippen molar-refractivity contribution in [1.29, 1.82) is 0 Å². The maximum atomic E-state index is 13.5. The van der Waals surface area contributed by atoms with Crippen LogP contribution in [0.4, 0.5) is 0 Å². The Balaban J connectivity index is 1.45. The van der Waals surface area contributed by atoms with Gasteiger partial charge in [0, 0.05) is 30.7 Å². The minimum Gasteiger partial charge on any atom is -0.454 e. The number of nitrogens with zero attached hydrogens (tertiary/aromatic N) is 2. The molecule has 2 aliphatic rings. The van der Waals surface area contributed by atoms with Gasteiger partial charge in [-0.3, -0.25) is 4.98 Å². The number of likely N-dealkylation sites (tertiary alicyclic amines) is 1. The Kier molecular flexibility index (Phi) is 7.27. The van der Waals surface area contributed by atoms with E-state index in [0.717, 1.165) is 74.8 Å². The summed E-state index contributed by atoms with van der Waals surface area (Å²) < 4.78 is 6.95. The molecule has 32 heavy (non-hydrogen) atoms. The average Bonchev–Trinajstić information content (AvgIpc) is 2.84. The number of aromatic nitrogens is 1. The number of likely N-dealkylation sites (N-methyl/N-ethyl adjacent to an activating group) is 1. The summed E-state index contributed by atoms with van der Waals surface area (Å²) in [5.41, 5.74) is 0.207. The van der Waals surface area contributed by atoms with E-state index in [1.807, 2.05) is 48.7 Å². The Bertz CT molecular complexity index is 869. The lowest BCUT2D eigenvalue weighted by Crippen LogP contribution is -2.56. The molecule has 0 spiro atoms. The number of aliphatic hydroxyl groups is 1. The van der Waals surface area contributed by atoms with E-state index in [2.05, 4.69) is 18.1 Å². The van der Waals surface area contributed by atoms with E-state index in [-0.39, 0.29) is 12.0 Å². The quantitative estimate of drug-likeness (QED) is 0.520. The van der Waals surface area contributed by atoms with E-state index in [9.17, 15) is 9.90 Å². The highest BCUT2D eigenvalue weighted by Gasteiger charge is 2.48. The molecule has 0 radical (unpaired) electrons. The first kappa shape index (κ1) is 22.9. The zero-order valence-electron chi connectivity index (χ0n) is 19.3. The number of carbonyl (C=O) groups excluding carboxylic acids is 1. The highest BCUT2D eigenvalue weighted by molar-refractivity contribution is 5.81. The van der Waals surface area contributed by atoms with Gasteiger partial charge >= 0.3 is 5.97 Å². The molecule has 172 valence electrons. The zero-order chi connectivity index (χ0) is 22.4. The molecule has 1 saturated carbocycles. The number of piperidine rings is 1. The van der Waals surface area contributed by atoms with Gasteiger partial charge in [0.2, 0.25) is 0 Å². The summed E-state index contributed by atoms with van der Waals surface area (Å²) in [4.78, 5) is 18.0. The predicted octanol–water partition coefficient (Wildman–Crippen LogP) is 4.24. The van der Waals surface area contributed by atoms with Crippen LogP contribution in [-0.4, -0.2) is 53.3 Å². The fourth-order valence-electron chi connectivity index (χ4n) is 5.58. The Hall–Kier alpha value is -2.24. The largest absolute Gasteiger partial charge is 0.454 e. The average molecular weight is 438 g/mol. The minimum absolute atomic E-state index is 0.0835. The lowest BCUT2D eigenvalue weighted by Gasteiger charge is -2.42. The van der Waals surface area contributed by atoms with Crippen molar-refractivity contribution >= 4 is 5.97 Å². The SMILES string of the molecule is C[N+]1(CCc2ccccn2)CCCC(OC(=O)[C@](O)(c2ccccc2)C2CCCCC2)C1. The van der Waals surface area contributed by atoms with E-state index < -0.39 is 11.6 Å². The first-order valence-corrected chi connectivity index (χ1v) is 12.2. The van der Waals surface area contributed by atoms with Gasteiger partial charge in [-0.2, -0.15) is 0 Å². The molecule has 0 amide bonds. The summed E-state index contributed by atoms with van der Waals surface area (Å²) in [5, 5.41) is 11.8. The van der Waals surface area contributed by atoms with Crippen LogP contribution in [0.1, 0.15) is 56.2 Å². The molecular weight excluding hydrogens is 400 g/mol. The second-order valence-corrected chi connectivity index (χ2v) is 9.96. The molecule has 2 heterocycles. The van der Waals surface area contributed by atoms with Gasteiger partial charge in [-0.1, -0.05) is 55.7 Å². The van der Waals surface area contributed by atoms with Crippen molar-refractivity contribution in [2.24, 2.45) is 5.92 Å². The van der Waals surface area contributed by atoms with E-state index >= 15 is 0 Å². The number of rotatable bonds is 7. The monoisotopic (exact) mass is 437 g/mol. The third-order valence-corrected chi connectivity index (χ3v) is 7.50. The fraction of sp³-hybridized carbons (Fsp3) is 0.556. The first-order valence-electron chi connectivity index (χ1n) is 12.2. The van der Waals surface area contributed by atoms with Crippen molar-refractivity contribution in [2.45, 2.75) is 63.1 Å². The number of carbonyl (C=O) groups is 1. The van der Waals surface area contributed by atoms with Crippen LogP contribution >= 0.6 is 0 Å². The van der Waals surface area contributed by atoms with Crippen LogP contribution in [0.25, 0.3) is 0 Å². The highest BCUT2D eigenvalue weighted by Crippen LogP contribution is 2.41. The number of quaternary nitrogens is 1. The Morgan fingerprint density at radius 1 is 1.06 bits per heavy atom. The van der Waals surface area contributed by atoms with Crippen LogP contribution in [0.5, 0.6) is 0 Å². The summed E-state index contributed by atoms with van der Waals surface area (Å²) in [6.45, 7) is 2.83. The van der Waals surface area contributed by atoms with Gasteiger partial charge in [0.15, 0.2) is 11.7 Å². The van der Waals surface area contributed by atoms with Crippen LogP contribution in [0.15, 0.2) is 54.7 Å².